The number of aromatic nitrogens is 3. The second-order valence-electron chi connectivity index (χ2n) is 10.3. The number of Topliss-reactive ketones (excluding diaryl/α,β-unsaturated/α-hetero) is 1. The van der Waals surface area contributed by atoms with Crippen LogP contribution in [0, 0.1) is 29.8 Å². The van der Waals surface area contributed by atoms with E-state index in [1.807, 2.05) is 24.1 Å². The van der Waals surface area contributed by atoms with Crippen molar-refractivity contribution in [1.29, 1.82) is 0 Å². The van der Waals surface area contributed by atoms with Crippen LogP contribution in [0.25, 0.3) is 11.8 Å². The fourth-order valence-corrected chi connectivity index (χ4v) is 5.97. The number of hydrazine groups is 1. The summed E-state index contributed by atoms with van der Waals surface area (Å²) in [7, 11) is 1.79. The van der Waals surface area contributed by atoms with E-state index in [0.29, 0.717) is 31.6 Å². The van der Waals surface area contributed by atoms with Crippen molar-refractivity contribution in [2.75, 3.05) is 20.1 Å². The zero-order valence-corrected chi connectivity index (χ0v) is 24.7. The van der Waals surface area contributed by atoms with Crippen molar-refractivity contribution in [3.8, 4) is 11.4 Å². The topological polar surface area (TPSA) is 63.5 Å². The predicted molar refractivity (Wildman–Crippen MR) is 160 cm³/mol. The molecule has 0 bridgehead atoms. The van der Waals surface area contributed by atoms with Gasteiger partial charge in [-0.3, -0.25) is 9.78 Å². The van der Waals surface area contributed by atoms with Gasteiger partial charge in [0.25, 0.3) is 0 Å². The van der Waals surface area contributed by atoms with Gasteiger partial charge in [-0.05, 0) is 85.5 Å². The number of halogens is 3. The molecule has 1 aliphatic carbocycles. The molecule has 1 atom stereocenters. The second kappa shape index (κ2) is 12.0. The number of pyridine rings is 1. The normalized spacial score (nSPS) is 18.1. The molecule has 7 nitrogen and oxygen atoms in total. The Labute approximate surface area is 252 Å². The van der Waals surface area contributed by atoms with E-state index < -0.39 is 17.0 Å². The van der Waals surface area contributed by atoms with E-state index in [4.69, 9.17) is 4.18 Å². The average Bonchev–Trinajstić information content (AvgIpc) is 3.38. The Bertz CT molecular complexity index is 1660. The van der Waals surface area contributed by atoms with Crippen molar-refractivity contribution in [2.24, 2.45) is 5.41 Å². The molecule has 12 heteroatoms. The SMILES string of the molecule is Cc1ccnc(C(=O)C23Cc4cnn(-c5ccc(F)cc5)c4C=C2CCN(N(C)SOc2ccc(F)c(F)c2)C3)c1.S. The maximum Gasteiger partial charge on any atom is 0.193 e. The van der Waals surface area contributed by atoms with Gasteiger partial charge in [-0.25, -0.2) is 22.9 Å². The predicted octanol–water partition coefficient (Wildman–Crippen LogP) is 6.11. The number of benzene rings is 2. The van der Waals surface area contributed by atoms with Gasteiger partial charge in [0.15, 0.2) is 29.6 Å². The smallest absolute Gasteiger partial charge is 0.193 e. The van der Waals surface area contributed by atoms with Crippen molar-refractivity contribution < 1.29 is 22.1 Å². The first-order chi connectivity index (χ1) is 19.7. The van der Waals surface area contributed by atoms with Gasteiger partial charge in [0.1, 0.15) is 17.3 Å². The Balaban J connectivity index is 0.00000353. The molecule has 1 saturated heterocycles. The summed E-state index contributed by atoms with van der Waals surface area (Å²) in [5.41, 5.74) is 3.87. The standard InChI is InChI=1S/C30H26F3N5O2S.H2S/c1-19-9-11-34-27(13-19)29(39)30-16-20-17-35-38(23-5-3-22(31)4-6-23)28(20)14-21(30)10-12-37(18-30)36(2)41-40-24-7-8-25(32)26(33)15-24;/h3-9,11,13-15,17H,10,12,16,18H2,1-2H3;1H2. The van der Waals surface area contributed by atoms with Crippen LogP contribution >= 0.6 is 25.7 Å². The molecule has 2 aromatic carbocycles. The lowest BCUT2D eigenvalue weighted by molar-refractivity contribution is 0.0226. The number of hydrogen-bond acceptors (Lipinski definition) is 7. The van der Waals surface area contributed by atoms with Crippen molar-refractivity contribution in [2.45, 2.75) is 19.8 Å². The van der Waals surface area contributed by atoms with Crippen LogP contribution in [0.5, 0.6) is 5.75 Å². The van der Waals surface area contributed by atoms with Gasteiger partial charge in [-0.2, -0.15) is 23.0 Å². The van der Waals surface area contributed by atoms with Crippen molar-refractivity contribution in [1.82, 2.24) is 24.2 Å². The van der Waals surface area contributed by atoms with Crippen molar-refractivity contribution >= 4 is 37.6 Å². The van der Waals surface area contributed by atoms with Crippen LogP contribution in [-0.4, -0.2) is 50.1 Å². The van der Waals surface area contributed by atoms with Gasteiger partial charge < -0.3 is 4.18 Å². The van der Waals surface area contributed by atoms with Crippen molar-refractivity contribution in [3.63, 3.8) is 0 Å². The molecule has 4 aromatic rings. The third kappa shape index (κ3) is 5.59. The summed E-state index contributed by atoms with van der Waals surface area (Å²) < 4.78 is 49.7. The first-order valence-electron chi connectivity index (χ1n) is 13.0. The third-order valence-electron chi connectivity index (χ3n) is 7.58. The number of nitrogens with zero attached hydrogens (tertiary/aromatic N) is 5. The molecule has 0 saturated carbocycles. The Hall–Kier alpha value is -3.58. The summed E-state index contributed by atoms with van der Waals surface area (Å²) in [6.07, 6.45) is 6.42. The quantitative estimate of drug-likeness (QED) is 0.142. The fraction of sp³-hybridized carbons (Fsp3) is 0.233. The number of hydrogen-bond donors (Lipinski definition) is 0. The number of rotatable bonds is 7. The number of aryl methyl sites for hydroxylation is 1. The van der Waals surface area contributed by atoms with Gasteiger partial charge in [0.2, 0.25) is 0 Å². The molecule has 1 fully saturated rings. The first kappa shape index (κ1) is 29.9. The van der Waals surface area contributed by atoms with Crippen LogP contribution < -0.4 is 4.18 Å². The van der Waals surface area contributed by atoms with Crippen LogP contribution in [0.2, 0.25) is 0 Å². The van der Waals surface area contributed by atoms with E-state index >= 15 is 0 Å². The lowest BCUT2D eigenvalue weighted by atomic mass is 9.65. The molecule has 2 aliphatic rings. The number of ketones is 1. The van der Waals surface area contributed by atoms with Crippen LogP contribution in [0.3, 0.4) is 0 Å². The zero-order valence-electron chi connectivity index (χ0n) is 22.9. The number of carbonyl (C=O) groups is 1. The van der Waals surface area contributed by atoms with Crippen LogP contribution in [0.4, 0.5) is 13.2 Å². The van der Waals surface area contributed by atoms with Gasteiger partial charge in [0.05, 0.1) is 23.0 Å². The summed E-state index contributed by atoms with van der Waals surface area (Å²) in [4.78, 5) is 18.7. The molecule has 0 amide bonds. The summed E-state index contributed by atoms with van der Waals surface area (Å²) in [5, 5.41) is 6.59. The van der Waals surface area contributed by atoms with Crippen molar-refractivity contribution in [3.05, 3.63) is 113 Å². The molecule has 42 heavy (non-hydrogen) atoms. The summed E-state index contributed by atoms with van der Waals surface area (Å²) in [6, 6.07) is 13.1. The number of carbonyl (C=O) groups excluding carboxylic acids is 1. The molecule has 2 aromatic heterocycles. The molecule has 1 aliphatic heterocycles. The first-order valence-corrected chi connectivity index (χ1v) is 13.7. The molecule has 0 radical (unpaired) electrons. The minimum atomic E-state index is -0.993. The summed E-state index contributed by atoms with van der Waals surface area (Å²) >= 11 is 0.963. The van der Waals surface area contributed by atoms with Gasteiger partial charge in [0, 0.05) is 32.4 Å². The van der Waals surface area contributed by atoms with E-state index in [2.05, 4.69) is 10.1 Å². The number of piperidine rings is 1. The van der Waals surface area contributed by atoms with E-state index in [1.54, 1.807) is 46.7 Å². The van der Waals surface area contributed by atoms with Gasteiger partial charge in [-0.1, -0.05) is 5.57 Å². The third-order valence-corrected chi connectivity index (χ3v) is 8.29. The Morgan fingerprint density at radius 2 is 1.86 bits per heavy atom. The van der Waals surface area contributed by atoms with Gasteiger partial charge in [-0.15, -0.1) is 0 Å². The van der Waals surface area contributed by atoms with E-state index in [0.717, 1.165) is 52.4 Å². The number of fused-ring (bicyclic) bond motifs is 2. The Morgan fingerprint density at radius 1 is 1.07 bits per heavy atom. The molecule has 0 N–H and O–H groups in total. The maximum absolute atomic E-state index is 14.3. The molecule has 3 heterocycles. The Morgan fingerprint density at radius 3 is 2.60 bits per heavy atom. The van der Waals surface area contributed by atoms with E-state index in [9.17, 15) is 18.0 Å². The average molecular weight is 612 g/mol. The lowest BCUT2D eigenvalue weighted by Gasteiger charge is -2.47. The largest absolute Gasteiger partial charge is 0.408 e. The van der Waals surface area contributed by atoms with Crippen LogP contribution in [0.1, 0.15) is 33.7 Å². The monoisotopic (exact) mass is 611 g/mol. The summed E-state index contributed by atoms with van der Waals surface area (Å²) in [5.74, 6) is -2.18. The maximum atomic E-state index is 14.3. The minimum Gasteiger partial charge on any atom is -0.408 e. The highest BCUT2D eigenvalue weighted by atomic mass is 32.2. The highest BCUT2D eigenvalue weighted by molar-refractivity contribution is 7.92. The van der Waals surface area contributed by atoms with E-state index in [1.165, 1.54) is 18.2 Å². The molecule has 1 unspecified atom stereocenters. The fourth-order valence-electron chi connectivity index (χ4n) is 5.44. The highest BCUT2D eigenvalue weighted by Gasteiger charge is 2.50. The molecule has 0 spiro atoms. The van der Waals surface area contributed by atoms with Gasteiger partial charge >= 0.3 is 0 Å². The summed E-state index contributed by atoms with van der Waals surface area (Å²) in [6.45, 7) is 2.86. The molecule has 218 valence electrons. The Kier molecular flexibility index (Phi) is 8.51. The zero-order chi connectivity index (χ0) is 28.7. The molecular weight excluding hydrogens is 583 g/mol. The lowest BCUT2D eigenvalue weighted by Crippen LogP contribution is -2.54. The van der Waals surface area contributed by atoms with E-state index in [-0.39, 0.29) is 30.8 Å². The van der Waals surface area contributed by atoms with Crippen LogP contribution in [-0.2, 0) is 6.42 Å². The molecular formula is C30H28F3N5O2S2. The highest BCUT2D eigenvalue weighted by Crippen LogP contribution is 2.47. The van der Waals surface area contributed by atoms with Crippen LogP contribution in [0.15, 0.2) is 72.6 Å². The molecule has 6 rings (SSSR count). The second-order valence-corrected chi connectivity index (χ2v) is 11.1. The minimum absolute atomic E-state index is 0.